The summed E-state index contributed by atoms with van der Waals surface area (Å²) in [5.74, 6) is 0. The highest BCUT2D eigenvalue weighted by Crippen LogP contribution is 2.24. The molecule has 18 heavy (non-hydrogen) atoms. The molecule has 5 heteroatoms. The van der Waals surface area contributed by atoms with Crippen LogP contribution in [0.2, 0.25) is 0 Å². The van der Waals surface area contributed by atoms with Crippen molar-refractivity contribution in [3.05, 3.63) is 38.3 Å². The van der Waals surface area contributed by atoms with Crippen molar-refractivity contribution in [3.63, 3.8) is 0 Å². The third-order valence-corrected chi connectivity index (χ3v) is 3.36. The molecule has 0 bridgehead atoms. The Morgan fingerprint density at radius 3 is 2.67 bits per heavy atom. The van der Waals surface area contributed by atoms with Gasteiger partial charge in [0, 0.05) is 28.2 Å². The van der Waals surface area contributed by atoms with E-state index in [2.05, 4.69) is 42.0 Å². The molecule has 100 valence electrons. The standard InChI is InChI=1S/C13H19BrN2O2/c1-4-7-13(2,3)15-9-10-8-11(14)5-6-12(10)16(17)18/h5-6,8,15H,4,7,9H2,1-3H3. The maximum Gasteiger partial charge on any atom is 0.273 e. The van der Waals surface area contributed by atoms with Crippen molar-refractivity contribution >= 4 is 21.6 Å². The third-order valence-electron chi connectivity index (χ3n) is 2.87. The largest absolute Gasteiger partial charge is 0.307 e. The molecule has 0 saturated heterocycles. The molecule has 0 aromatic heterocycles. The average molecular weight is 315 g/mol. The minimum Gasteiger partial charge on any atom is -0.307 e. The molecular weight excluding hydrogens is 296 g/mol. The number of nitro benzene ring substituents is 1. The molecule has 0 aliphatic carbocycles. The number of rotatable bonds is 6. The highest BCUT2D eigenvalue weighted by Gasteiger charge is 2.19. The van der Waals surface area contributed by atoms with Gasteiger partial charge in [-0.1, -0.05) is 29.3 Å². The fourth-order valence-electron chi connectivity index (χ4n) is 1.92. The highest BCUT2D eigenvalue weighted by molar-refractivity contribution is 9.10. The lowest BCUT2D eigenvalue weighted by molar-refractivity contribution is -0.385. The van der Waals surface area contributed by atoms with Crippen molar-refractivity contribution in [2.45, 2.75) is 45.7 Å². The number of nitrogens with zero attached hydrogens (tertiary/aromatic N) is 1. The van der Waals surface area contributed by atoms with E-state index in [-0.39, 0.29) is 16.1 Å². The smallest absolute Gasteiger partial charge is 0.273 e. The Hall–Kier alpha value is -0.940. The number of hydrogen-bond acceptors (Lipinski definition) is 3. The van der Waals surface area contributed by atoms with Gasteiger partial charge >= 0.3 is 0 Å². The van der Waals surface area contributed by atoms with Crippen LogP contribution in [0.15, 0.2) is 22.7 Å². The van der Waals surface area contributed by atoms with Crippen LogP contribution in [-0.4, -0.2) is 10.5 Å². The van der Waals surface area contributed by atoms with Crippen molar-refractivity contribution in [2.24, 2.45) is 0 Å². The van der Waals surface area contributed by atoms with E-state index in [0.717, 1.165) is 17.3 Å². The molecule has 1 aromatic carbocycles. The van der Waals surface area contributed by atoms with Gasteiger partial charge in [-0.15, -0.1) is 0 Å². The molecule has 0 fully saturated rings. The Bertz CT molecular complexity index is 433. The lowest BCUT2D eigenvalue weighted by Crippen LogP contribution is -2.38. The number of nitro groups is 1. The van der Waals surface area contributed by atoms with Crippen molar-refractivity contribution in [1.29, 1.82) is 0 Å². The van der Waals surface area contributed by atoms with Crippen molar-refractivity contribution in [1.82, 2.24) is 5.32 Å². The maximum atomic E-state index is 10.9. The van der Waals surface area contributed by atoms with Crippen LogP contribution in [0.5, 0.6) is 0 Å². The summed E-state index contributed by atoms with van der Waals surface area (Å²) in [6.07, 6.45) is 2.12. The number of hydrogen-bond donors (Lipinski definition) is 1. The van der Waals surface area contributed by atoms with Gasteiger partial charge in [0.05, 0.1) is 4.92 Å². The van der Waals surface area contributed by atoms with Crippen LogP contribution >= 0.6 is 15.9 Å². The number of nitrogens with one attached hydrogen (secondary N) is 1. The molecule has 0 aliphatic rings. The maximum absolute atomic E-state index is 10.9. The van der Waals surface area contributed by atoms with Crippen LogP contribution in [0.3, 0.4) is 0 Å². The molecule has 1 N–H and O–H groups in total. The summed E-state index contributed by atoms with van der Waals surface area (Å²) in [4.78, 5) is 10.6. The molecule has 0 radical (unpaired) electrons. The van der Waals surface area contributed by atoms with Gasteiger partial charge in [-0.25, -0.2) is 0 Å². The van der Waals surface area contributed by atoms with E-state index in [1.54, 1.807) is 12.1 Å². The summed E-state index contributed by atoms with van der Waals surface area (Å²) >= 11 is 3.35. The monoisotopic (exact) mass is 314 g/mol. The first-order valence-corrected chi connectivity index (χ1v) is 6.83. The highest BCUT2D eigenvalue weighted by atomic mass is 79.9. The molecule has 1 rings (SSSR count). The van der Waals surface area contributed by atoms with Gasteiger partial charge in [0.15, 0.2) is 0 Å². The lowest BCUT2D eigenvalue weighted by atomic mass is 9.98. The van der Waals surface area contributed by atoms with Gasteiger partial charge in [0.2, 0.25) is 0 Å². The zero-order valence-corrected chi connectivity index (χ0v) is 12.6. The number of halogens is 1. The van der Waals surface area contributed by atoms with Gasteiger partial charge < -0.3 is 5.32 Å². The van der Waals surface area contributed by atoms with Crippen LogP contribution in [0.4, 0.5) is 5.69 Å². The van der Waals surface area contributed by atoms with E-state index < -0.39 is 0 Å². The van der Waals surface area contributed by atoms with Gasteiger partial charge in [-0.2, -0.15) is 0 Å². The fraction of sp³-hybridized carbons (Fsp3) is 0.538. The Labute approximate surface area is 116 Å². The van der Waals surface area contributed by atoms with E-state index >= 15 is 0 Å². The van der Waals surface area contributed by atoms with Crippen LogP contribution in [0, 0.1) is 10.1 Å². The molecular formula is C13H19BrN2O2. The van der Waals surface area contributed by atoms with Crippen molar-refractivity contribution in [2.75, 3.05) is 0 Å². The third kappa shape index (κ3) is 4.38. The Kier molecular flexibility index (Phi) is 5.28. The predicted octanol–water partition coefficient (Wildman–Crippen LogP) is 4.03. The van der Waals surface area contributed by atoms with Crippen molar-refractivity contribution in [3.8, 4) is 0 Å². The molecule has 0 heterocycles. The van der Waals surface area contributed by atoms with E-state index in [1.807, 2.05) is 0 Å². The molecule has 0 amide bonds. The fourth-order valence-corrected chi connectivity index (χ4v) is 2.33. The van der Waals surface area contributed by atoms with Crippen molar-refractivity contribution < 1.29 is 4.92 Å². The van der Waals surface area contributed by atoms with E-state index in [4.69, 9.17) is 0 Å². The first-order chi connectivity index (χ1) is 8.35. The first kappa shape index (κ1) is 15.1. The lowest BCUT2D eigenvalue weighted by Gasteiger charge is -2.25. The molecule has 0 aliphatic heterocycles. The van der Waals surface area contributed by atoms with Crippen LogP contribution < -0.4 is 5.32 Å². The van der Waals surface area contributed by atoms with E-state index in [0.29, 0.717) is 12.1 Å². The first-order valence-electron chi connectivity index (χ1n) is 6.03. The summed E-state index contributed by atoms with van der Waals surface area (Å²) < 4.78 is 0.859. The normalized spacial score (nSPS) is 11.6. The Balaban J connectivity index is 2.83. The minimum atomic E-state index is -0.337. The van der Waals surface area contributed by atoms with E-state index in [1.165, 1.54) is 6.07 Å². The topological polar surface area (TPSA) is 55.2 Å². The SMILES string of the molecule is CCCC(C)(C)NCc1cc(Br)ccc1[N+](=O)[O-]. The molecule has 0 atom stereocenters. The molecule has 0 unspecified atom stereocenters. The van der Waals surface area contributed by atoms with Gasteiger partial charge in [-0.3, -0.25) is 10.1 Å². The predicted molar refractivity (Wildman–Crippen MR) is 76.6 cm³/mol. The average Bonchev–Trinajstić information content (AvgIpc) is 2.26. The van der Waals surface area contributed by atoms with Gasteiger partial charge in [0.25, 0.3) is 5.69 Å². The summed E-state index contributed by atoms with van der Waals surface area (Å²) in [6.45, 7) is 6.86. The summed E-state index contributed by atoms with van der Waals surface area (Å²) in [7, 11) is 0. The Morgan fingerprint density at radius 2 is 2.11 bits per heavy atom. The number of benzene rings is 1. The van der Waals surface area contributed by atoms with Crippen LogP contribution in [0.1, 0.15) is 39.2 Å². The zero-order valence-electron chi connectivity index (χ0n) is 11.0. The quantitative estimate of drug-likeness (QED) is 0.637. The Morgan fingerprint density at radius 1 is 1.44 bits per heavy atom. The second-order valence-corrected chi connectivity index (χ2v) is 5.93. The zero-order chi connectivity index (χ0) is 13.8. The minimum absolute atomic E-state index is 0.00899. The summed E-state index contributed by atoms with van der Waals surface area (Å²) in [5.41, 5.74) is 0.863. The summed E-state index contributed by atoms with van der Waals surface area (Å²) in [5, 5.41) is 14.3. The molecule has 1 aromatic rings. The molecule has 0 spiro atoms. The van der Waals surface area contributed by atoms with Crippen LogP contribution in [-0.2, 0) is 6.54 Å². The summed E-state index contributed by atoms with van der Waals surface area (Å²) in [6, 6.07) is 5.03. The second-order valence-electron chi connectivity index (χ2n) is 5.02. The van der Waals surface area contributed by atoms with Gasteiger partial charge in [-0.05, 0) is 32.4 Å². The second kappa shape index (κ2) is 6.29. The van der Waals surface area contributed by atoms with E-state index in [9.17, 15) is 10.1 Å². The molecule has 4 nitrogen and oxygen atoms in total. The van der Waals surface area contributed by atoms with Gasteiger partial charge in [0.1, 0.15) is 0 Å². The van der Waals surface area contributed by atoms with Crippen LogP contribution in [0.25, 0.3) is 0 Å². The molecule has 0 saturated carbocycles.